The van der Waals surface area contributed by atoms with Crippen molar-refractivity contribution in [1.82, 2.24) is 9.97 Å². The van der Waals surface area contributed by atoms with E-state index in [9.17, 15) is 0 Å². The van der Waals surface area contributed by atoms with Gasteiger partial charge >= 0.3 is 0 Å². The molecule has 2 rings (SSSR count). The van der Waals surface area contributed by atoms with Crippen LogP contribution in [-0.2, 0) is 14.2 Å². The van der Waals surface area contributed by atoms with Crippen LogP contribution in [0.3, 0.4) is 0 Å². The summed E-state index contributed by atoms with van der Waals surface area (Å²) in [5, 5.41) is 3.42. The number of halogens is 1. The van der Waals surface area contributed by atoms with Gasteiger partial charge in [-0.05, 0) is 31.9 Å². The maximum absolute atomic E-state index is 6.24. The molecule has 0 bridgehead atoms. The van der Waals surface area contributed by atoms with Gasteiger partial charge in [-0.2, -0.15) is 9.97 Å². The first-order valence-corrected chi connectivity index (χ1v) is 9.16. The molecule has 142 valence electrons. The lowest BCUT2D eigenvalue weighted by atomic mass is 10.3. The highest BCUT2D eigenvalue weighted by atomic mass is 35.5. The quantitative estimate of drug-likeness (QED) is 0.366. The molecule has 0 saturated carbocycles. The molecule has 0 aromatic carbocycles. The molecule has 2 heterocycles. The van der Waals surface area contributed by atoms with Crippen molar-refractivity contribution in [3.05, 3.63) is 5.28 Å². The zero-order chi connectivity index (χ0) is 18.1. The summed E-state index contributed by atoms with van der Waals surface area (Å²) in [4.78, 5) is 10.6. The summed E-state index contributed by atoms with van der Waals surface area (Å²) < 4.78 is 16.4. The number of nitrogen functional groups attached to an aromatic ring is 1. The third-order valence-electron chi connectivity index (χ3n) is 3.82. The van der Waals surface area contributed by atoms with Crippen LogP contribution in [0.1, 0.15) is 26.7 Å². The van der Waals surface area contributed by atoms with Crippen LogP contribution in [0.5, 0.6) is 0 Å². The lowest BCUT2D eigenvalue weighted by Gasteiger charge is -2.29. The first-order valence-electron chi connectivity index (χ1n) is 8.78. The number of rotatable bonds is 10. The van der Waals surface area contributed by atoms with Crippen LogP contribution in [0, 0.1) is 0 Å². The number of ether oxygens (including phenoxy) is 3. The number of morpholine rings is 1. The van der Waals surface area contributed by atoms with Gasteiger partial charge in [0.2, 0.25) is 5.28 Å². The lowest BCUT2D eigenvalue weighted by Crippen LogP contribution is -2.37. The number of nitrogens with one attached hydrogen (secondary N) is 1. The number of nitrogens with two attached hydrogens (primary N) is 1. The van der Waals surface area contributed by atoms with Crippen LogP contribution >= 0.6 is 11.6 Å². The first-order chi connectivity index (χ1) is 12.2. The minimum atomic E-state index is -0.174. The van der Waals surface area contributed by atoms with Gasteiger partial charge in [0, 0.05) is 39.3 Å². The van der Waals surface area contributed by atoms with Crippen molar-refractivity contribution < 1.29 is 14.2 Å². The zero-order valence-corrected chi connectivity index (χ0v) is 15.7. The minimum absolute atomic E-state index is 0.174. The highest BCUT2D eigenvalue weighted by Crippen LogP contribution is 2.29. The Morgan fingerprint density at radius 1 is 1.24 bits per heavy atom. The molecule has 1 aliphatic heterocycles. The number of nitrogens with zero attached hydrogens (tertiary/aromatic N) is 3. The molecule has 0 spiro atoms. The Bertz CT molecular complexity index is 523. The Labute approximate surface area is 154 Å². The molecule has 9 heteroatoms. The summed E-state index contributed by atoms with van der Waals surface area (Å²) in [6.45, 7) is 8.66. The molecule has 1 fully saturated rings. The summed E-state index contributed by atoms with van der Waals surface area (Å²) in [7, 11) is 0. The summed E-state index contributed by atoms with van der Waals surface area (Å²) in [5.74, 6) is 1.22. The largest absolute Gasteiger partial charge is 0.393 e. The molecule has 0 atom stereocenters. The molecule has 0 amide bonds. The van der Waals surface area contributed by atoms with Gasteiger partial charge in [-0.15, -0.1) is 0 Å². The highest BCUT2D eigenvalue weighted by molar-refractivity contribution is 6.28. The highest BCUT2D eigenvalue weighted by Gasteiger charge is 2.19. The number of hydrogen-bond donors (Lipinski definition) is 2. The van der Waals surface area contributed by atoms with E-state index >= 15 is 0 Å². The Hall–Kier alpha value is -1.35. The number of aromatic nitrogens is 2. The number of anilines is 3. The molecule has 8 nitrogen and oxygen atoms in total. The molecular weight excluding hydrogens is 346 g/mol. The van der Waals surface area contributed by atoms with E-state index in [1.54, 1.807) is 0 Å². The van der Waals surface area contributed by atoms with Crippen molar-refractivity contribution in [2.45, 2.75) is 33.0 Å². The van der Waals surface area contributed by atoms with Crippen molar-refractivity contribution in [3.63, 3.8) is 0 Å². The Morgan fingerprint density at radius 3 is 2.56 bits per heavy atom. The SMILES string of the molecule is CCOC(CCCNc1nc(Cl)nc(N2CCOCC2)c1N)OCC. The fourth-order valence-corrected chi connectivity index (χ4v) is 2.81. The van der Waals surface area contributed by atoms with Crippen LogP contribution in [0.4, 0.5) is 17.3 Å². The smallest absolute Gasteiger partial charge is 0.226 e. The van der Waals surface area contributed by atoms with Crippen LogP contribution in [-0.4, -0.2) is 62.3 Å². The Morgan fingerprint density at radius 2 is 1.92 bits per heavy atom. The van der Waals surface area contributed by atoms with E-state index in [1.165, 1.54) is 0 Å². The fourth-order valence-electron chi connectivity index (χ4n) is 2.64. The molecule has 1 saturated heterocycles. The third-order valence-corrected chi connectivity index (χ3v) is 3.99. The molecule has 0 unspecified atom stereocenters. The minimum Gasteiger partial charge on any atom is -0.393 e. The van der Waals surface area contributed by atoms with Crippen molar-refractivity contribution >= 4 is 28.9 Å². The molecule has 0 aliphatic carbocycles. The zero-order valence-electron chi connectivity index (χ0n) is 15.0. The number of hydrogen-bond acceptors (Lipinski definition) is 8. The van der Waals surface area contributed by atoms with E-state index in [4.69, 9.17) is 31.5 Å². The van der Waals surface area contributed by atoms with Gasteiger partial charge in [0.25, 0.3) is 0 Å². The second-order valence-corrected chi connectivity index (χ2v) is 5.93. The van der Waals surface area contributed by atoms with E-state index in [0.717, 1.165) is 25.9 Å². The molecule has 1 aromatic heterocycles. The normalized spacial score (nSPS) is 15.0. The topological polar surface area (TPSA) is 94.8 Å². The average molecular weight is 374 g/mol. The van der Waals surface area contributed by atoms with Gasteiger partial charge in [0.05, 0.1) is 13.2 Å². The average Bonchev–Trinajstić information content (AvgIpc) is 2.62. The molecule has 25 heavy (non-hydrogen) atoms. The van der Waals surface area contributed by atoms with Crippen molar-refractivity contribution in [2.75, 3.05) is 62.0 Å². The summed E-state index contributed by atoms with van der Waals surface area (Å²) in [5.41, 5.74) is 6.75. The standard InChI is InChI=1S/C16H28ClN5O3/c1-3-24-12(25-4-2)6-5-7-19-14-13(18)15(21-16(17)20-14)22-8-10-23-11-9-22/h12H,3-11,18H2,1-2H3,(H,19,20,21). The van der Waals surface area contributed by atoms with E-state index in [-0.39, 0.29) is 11.6 Å². The van der Waals surface area contributed by atoms with Gasteiger partial charge < -0.3 is 30.2 Å². The second kappa shape index (κ2) is 10.6. The first kappa shape index (κ1) is 20.0. The molecule has 1 aromatic rings. The van der Waals surface area contributed by atoms with E-state index in [1.807, 2.05) is 13.8 Å². The summed E-state index contributed by atoms with van der Waals surface area (Å²) in [6, 6.07) is 0. The lowest BCUT2D eigenvalue weighted by molar-refractivity contribution is -0.139. The van der Waals surface area contributed by atoms with Gasteiger partial charge in [0.1, 0.15) is 5.69 Å². The van der Waals surface area contributed by atoms with Crippen LogP contribution in [0.15, 0.2) is 0 Å². The predicted molar refractivity (Wildman–Crippen MR) is 99.3 cm³/mol. The molecule has 1 aliphatic rings. The summed E-state index contributed by atoms with van der Waals surface area (Å²) >= 11 is 6.07. The van der Waals surface area contributed by atoms with Gasteiger partial charge in [-0.1, -0.05) is 0 Å². The predicted octanol–water partition coefficient (Wildman–Crippen LogP) is 2.14. The van der Waals surface area contributed by atoms with Crippen molar-refractivity contribution in [2.24, 2.45) is 0 Å². The monoisotopic (exact) mass is 373 g/mol. The van der Waals surface area contributed by atoms with E-state index in [0.29, 0.717) is 50.3 Å². The second-order valence-electron chi connectivity index (χ2n) is 5.59. The van der Waals surface area contributed by atoms with Crippen molar-refractivity contribution in [1.29, 1.82) is 0 Å². The molecule has 0 radical (unpaired) electrons. The van der Waals surface area contributed by atoms with Crippen LogP contribution < -0.4 is 16.0 Å². The Balaban J connectivity index is 1.91. The van der Waals surface area contributed by atoms with Gasteiger partial charge in [-0.3, -0.25) is 0 Å². The van der Waals surface area contributed by atoms with Crippen LogP contribution in [0.2, 0.25) is 5.28 Å². The summed E-state index contributed by atoms with van der Waals surface area (Å²) in [6.07, 6.45) is 1.48. The van der Waals surface area contributed by atoms with E-state index in [2.05, 4.69) is 20.2 Å². The van der Waals surface area contributed by atoms with Crippen molar-refractivity contribution in [3.8, 4) is 0 Å². The molecule has 3 N–H and O–H groups in total. The third kappa shape index (κ3) is 6.14. The van der Waals surface area contributed by atoms with E-state index < -0.39 is 0 Å². The maximum atomic E-state index is 6.24. The fraction of sp³-hybridized carbons (Fsp3) is 0.750. The van der Waals surface area contributed by atoms with Gasteiger partial charge in [0.15, 0.2) is 17.9 Å². The molecular formula is C16H28ClN5O3. The van der Waals surface area contributed by atoms with Gasteiger partial charge in [-0.25, -0.2) is 0 Å². The Kier molecular flexibility index (Phi) is 8.47. The van der Waals surface area contributed by atoms with Crippen LogP contribution in [0.25, 0.3) is 0 Å². The maximum Gasteiger partial charge on any atom is 0.226 e.